The molecule has 4 nitrogen and oxygen atoms in total. The van der Waals surface area contributed by atoms with Crippen molar-refractivity contribution in [3.8, 4) is 39.6 Å². The highest BCUT2D eigenvalue weighted by Crippen LogP contribution is 2.44. The highest BCUT2D eigenvalue weighted by molar-refractivity contribution is 6.10. The van der Waals surface area contributed by atoms with Crippen LogP contribution in [-0.2, 0) is 0 Å². The van der Waals surface area contributed by atoms with Crippen molar-refractivity contribution in [2.24, 2.45) is 0 Å². The Morgan fingerprint density at radius 3 is 1.81 bits per heavy atom. The molecule has 0 spiro atoms. The van der Waals surface area contributed by atoms with Crippen molar-refractivity contribution in [2.75, 3.05) is 4.90 Å². The summed E-state index contributed by atoms with van der Waals surface area (Å²) in [6.07, 6.45) is 4.45. The second-order valence-corrected chi connectivity index (χ2v) is 13.1. The summed E-state index contributed by atoms with van der Waals surface area (Å²) < 4.78 is 2.30. The molecule has 0 saturated heterocycles. The van der Waals surface area contributed by atoms with E-state index in [0.717, 1.165) is 61.9 Å². The lowest BCUT2D eigenvalue weighted by atomic mass is 10.00. The standard InChI is InChI=1S/C48H32N4/c1-4-14-33(15-5-1)42-32-47(50-48(49-42)36-17-6-2-7-18-36)52-44-23-13-11-21-40(44)41-29-28-38(31-46(41)52)37-27-26-35-25-24-34-16-10-12-22-43(34)51(45(35)30-37)39-19-8-3-9-20-39/h1-32H. The van der Waals surface area contributed by atoms with E-state index in [4.69, 9.17) is 9.97 Å². The van der Waals surface area contributed by atoms with Crippen LogP contribution in [-0.4, -0.2) is 14.5 Å². The van der Waals surface area contributed by atoms with Gasteiger partial charge in [0.05, 0.1) is 28.1 Å². The van der Waals surface area contributed by atoms with Gasteiger partial charge in [-0.25, -0.2) is 9.97 Å². The Kier molecular flexibility index (Phi) is 7.10. The van der Waals surface area contributed by atoms with Crippen LogP contribution in [0.4, 0.5) is 17.1 Å². The van der Waals surface area contributed by atoms with Gasteiger partial charge < -0.3 is 4.90 Å². The summed E-state index contributed by atoms with van der Waals surface area (Å²) in [6.45, 7) is 0. The van der Waals surface area contributed by atoms with E-state index >= 15 is 0 Å². The van der Waals surface area contributed by atoms with Crippen molar-refractivity contribution in [1.82, 2.24) is 14.5 Å². The maximum atomic E-state index is 5.24. The van der Waals surface area contributed by atoms with E-state index in [1.54, 1.807) is 0 Å². The van der Waals surface area contributed by atoms with Crippen molar-refractivity contribution in [3.63, 3.8) is 0 Å². The van der Waals surface area contributed by atoms with Crippen LogP contribution in [0.2, 0.25) is 0 Å². The summed E-state index contributed by atoms with van der Waals surface area (Å²) in [5, 5.41) is 2.36. The van der Waals surface area contributed by atoms with Crippen molar-refractivity contribution in [1.29, 1.82) is 0 Å². The molecule has 7 aromatic carbocycles. The van der Waals surface area contributed by atoms with E-state index < -0.39 is 0 Å². The van der Waals surface area contributed by atoms with Crippen LogP contribution in [0.25, 0.3) is 73.5 Å². The van der Waals surface area contributed by atoms with Gasteiger partial charge in [-0.2, -0.15) is 0 Å². The van der Waals surface area contributed by atoms with E-state index in [2.05, 4.69) is 179 Å². The molecule has 0 fully saturated rings. The molecule has 52 heavy (non-hydrogen) atoms. The number of hydrogen-bond acceptors (Lipinski definition) is 3. The number of benzene rings is 7. The Morgan fingerprint density at radius 1 is 0.385 bits per heavy atom. The Hall–Kier alpha value is -7.04. The van der Waals surface area contributed by atoms with Crippen LogP contribution in [0.3, 0.4) is 0 Å². The normalized spacial score (nSPS) is 12.1. The lowest BCUT2D eigenvalue weighted by molar-refractivity contribution is 1.05. The van der Waals surface area contributed by atoms with Gasteiger partial charge in [0.2, 0.25) is 0 Å². The number of para-hydroxylation sites is 3. The summed E-state index contributed by atoms with van der Waals surface area (Å²) in [6, 6.07) is 64.2. The highest BCUT2D eigenvalue weighted by atomic mass is 15.1. The van der Waals surface area contributed by atoms with E-state index in [1.807, 2.05) is 24.3 Å². The molecule has 9 aromatic rings. The average Bonchev–Trinajstić information content (AvgIpc) is 3.45. The number of aromatic nitrogens is 3. The molecule has 3 heterocycles. The third-order valence-corrected chi connectivity index (χ3v) is 9.96. The molecule has 0 bridgehead atoms. The summed E-state index contributed by atoms with van der Waals surface area (Å²) in [5.74, 6) is 1.52. The summed E-state index contributed by atoms with van der Waals surface area (Å²) in [5.41, 5.74) is 13.2. The van der Waals surface area contributed by atoms with E-state index in [9.17, 15) is 0 Å². The van der Waals surface area contributed by atoms with Gasteiger partial charge in [0, 0.05) is 33.7 Å². The maximum absolute atomic E-state index is 5.24. The van der Waals surface area contributed by atoms with Crippen molar-refractivity contribution in [2.45, 2.75) is 0 Å². The molecule has 1 aliphatic rings. The zero-order valence-electron chi connectivity index (χ0n) is 28.3. The fourth-order valence-electron chi connectivity index (χ4n) is 7.47. The lowest BCUT2D eigenvalue weighted by Crippen LogP contribution is -2.11. The van der Waals surface area contributed by atoms with Crippen molar-refractivity contribution < 1.29 is 0 Å². The molecule has 0 aliphatic carbocycles. The molecule has 4 heteroatoms. The second-order valence-electron chi connectivity index (χ2n) is 13.1. The molecule has 0 saturated carbocycles. The van der Waals surface area contributed by atoms with Gasteiger partial charge >= 0.3 is 0 Å². The molecule has 244 valence electrons. The average molecular weight is 665 g/mol. The van der Waals surface area contributed by atoms with Crippen LogP contribution in [0.1, 0.15) is 11.1 Å². The molecular weight excluding hydrogens is 633 g/mol. The minimum atomic E-state index is 0.694. The molecule has 0 unspecified atom stereocenters. The predicted octanol–water partition coefficient (Wildman–Crippen LogP) is 12.5. The first-order valence-electron chi connectivity index (χ1n) is 17.6. The molecule has 0 amide bonds. The molecule has 10 rings (SSSR count). The molecule has 1 aliphatic heterocycles. The molecule has 0 radical (unpaired) electrons. The van der Waals surface area contributed by atoms with Gasteiger partial charge in [-0.15, -0.1) is 0 Å². The van der Waals surface area contributed by atoms with Crippen LogP contribution >= 0.6 is 0 Å². The van der Waals surface area contributed by atoms with E-state index in [1.165, 1.54) is 21.9 Å². The van der Waals surface area contributed by atoms with Gasteiger partial charge in [0.25, 0.3) is 0 Å². The second kappa shape index (κ2) is 12.4. The van der Waals surface area contributed by atoms with Crippen LogP contribution in [0.15, 0.2) is 182 Å². The fraction of sp³-hybridized carbons (Fsp3) is 0. The lowest BCUT2D eigenvalue weighted by Gasteiger charge is -2.27. The number of fused-ring (bicyclic) bond motifs is 5. The van der Waals surface area contributed by atoms with E-state index in [-0.39, 0.29) is 0 Å². The van der Waals surface area contributed by atoms with E-state index in [0.29, 0.717) is 5.82 Å². The Balaban J connectivity index is 1.19. The predicted molar refractivity (Wildman–Crippen MR) is 216 cm³/mol. The highest BCUT2D eigenvalue weighted by Gasteiger charge is 2.21. The summed E-state index contributed by atoms with van der Waals surface area (Å²) in [4.78, 5) is 12.7. The van der Waals surface area contributed by atoms with Gasteiger partial charge in [0.15, 0.2) is 5.82 Å². The number of rotatable bonds is 5. The topological polar surface area (TPSA) is 34.0 Å². The van der Waals surface area contributed by atoms with Gasteiger partial charge in [-0.3, -0.25) is 4.57 Å². The number of nitrogens with zero attached hydrogens (tertiary/aromatic N) is 4. The molecular formula is C48H32N4. The first-order valence-corrected chi connectivity index (χ1v) is 17.6. The summed E-state index contributed by atoms with van der Waals surface area (Å²) in [7, 11) is 0. The fourth-order valence-corrected chi connectivity index (χ4v) is 7.47. The Morgan fingerprint density at radius 2 is 1.00 bits per heavy atom. The maximum Gasteiger partial charge on any atom is 0.162 e. The SMILES string of the molecule is C1=Cc2ccc(-c3ccc4c5ccccc5n(-c5cc(-c6ccccc6)nc(-c6ccccc6)n5)c4c3)cc2N(c2ccccc2)c2ccccc21. The van der Waals surface area contributed by atoms with Crippen LogP contribution < -0.4 is 4.90 Å². The summed E-state index contributed by atoms with van der Waals surface area (Å²) >= 11 is 0. The third-order valence-electron chi connectivity index (χ3n) is 9.96. The monoisotopic (exact) mass is 664 g/mol. The zero-order chi connectivity index (χ0) is 34.4. The minimum Gasteiger partial charge on any atom is -0.309 e. The quantitative estimate of drug-likeness (QED) is 0.184. The van der Waals surface area contributed by atoms with Crippen LogP contribution in [0.5, 0.6) is 0 Å². The molecule has 0 N–H and O–H groups in total. The minimum absolute atomic E-state index is 0.694. The largest absolute Gasteiger partial charge is 0.309 e. The number of anilines is 3. The molecule has 0 atom stereocenters. The van der Waals surface area contributed by atoms with Crippen molar-refractivity contribution >= 4 is 51.0 Å². The Bertz CT molecular complexity index is 2730. The first-order chi connectivity index (χ1) is 25.8. The third kappa shape index (κ3) is 5.09. The van der Waals surface area contributed by atoms with Gasteiger partial charge in [0.1, 0.15) is 5.82 Å². The number of hydrogen-bond donors (Lipinski definition) is 0. The van der Waals surface area contributed by atoms with Crippen molar-refractivity contribution in [3.05, 3.63) is 193 Å². The van der Waals surface area contributed by atoms with Crippen LogP contribution in [0, 0.1) is 0 Å². The first kappa shape index (κ1) is 29.8. The Labute approximate surface area is 302 Å². The zero-order valence-corrected chi connectivity index (χ0v) is 28.3. The van der Waals surface area contributed by atoms with Gasteiger partial charge in [-0.05, 0) is 58.7 Å². The smallest absolute Gasteiger partial charge is 0.162 e. The van der Waals surface area contributed by atoms with Gasteiger partial charge in [-0.1, -0.05) is 152 Å². The molecule has 2 aromatic heterocycles.